The molecule has 6 aromatic carbocycles. The van der Waals surface area contributed by atoms with Crippen molar-refractivity contribution < 1.29 is 13.9 Å². The lowest BCUT2D eigenvalue weighted by Gasteiger charge is -2.35. The number of ether oxygens (including phenoxy) is 2. The van der Waals surface area contributed by atoms with E-state index in [4.69, 9.17) is 13.9 Å². The summed E-state index contributed by atoms with van der Waals surface area (Å²) in [7, 11) is 0. The molecule has 2 aliphatic rings. The van der Waals surface area contributed by atoms with Gasteiger partial charge in [-0.25, -0.2) is 0 Å². The Morgan fingerprint density at radius 2 is 1.20 bits per heavy atom. The predicted molar refractivity (Wildman–Crippen MR) is 179 cm³/mol. The molecule has 3 heterocycles. The highest BCUT2D eigenvalue weighted by molar-refractivity contribution is 6.98. The van der Waals surface area contributed by atoms with Crippen LogP contribution in [0.5, 0.6) is 23.0 Å². The van der Waals surface area contributed by atoms with E-state index < -0.39 is 0 Å². The fourth-order valence-electron chi connectivity index (χ4n) is 6.72. The maximum atomic E-state index is 6.67. The lowest BCUT2D eigenvalue weighted by Crippen LogP contribution is -2.57. The Balaban J connectivity index is 1.32. The monoisotopic (exact) mass is 567 g/mol. The van der Waals surface area contributed by atoms with E-state index in [1.165, 1.54) is 5.56 Å². The van der Waals surface area contributed by atoms with Crippen molar-refractivity contribution >= 4 is 51.1 Å². The van der Waals surface area contributed by atoms with Crippen LogP contribution in [0.3, 0.4) is 0 Å². The molecule has 4 nitrogen and oxygen atoms in total. The second-order valence-electron chi connectivity index (χ2n) is 11.4. The zero-order valence-corrected chi connectivity index (χ0v) is 24.0. The zero-order valence-electron chi connectivity index (χ0n) is 24.0. The van der Waals surface area contributed by atoms with Crippen molar-refractivity contribution in [3.05, 3.63) is 145 Å². The standard InChI is InChI=1S/C39H26BNO3/c1-25-15-18-28(19-16-25)41(32-20-17-27-21-22-42-39(27)37(32)26-9-3-2-4-10-26)29-23-35-38-36(24-29)44-34-14-8-6-12-31(34)40(38)30-11-5-7-13-33(30)43-35/h2-24H,1H3. The first kappa shape index (κ1) is 24.9. The molecule has 44 heavy (non-hydrogen) atoms. The van der Waals surface area contributed by atoms with Crippen LogP contribution in [0.4, 0.5) is 17.1 Å². The molecule has 0 saturated carbocycles. The largest absolute Gasteiger partial charge is 0.464 e. The second kappa shape index (κ2) is 9.68. The molecular weight excluding hydrogens is 541 g/mol. The molecule has 7 aromatic rings. The first-order chi connectivity index (χ1) is 21.7. The van der Waals surface area contributed by atoms with Gasteiger partial charge in [-0.1, -0.05) is 84.4 Å². The van der Waals surface area contributed by atoms with E-state index in [2.05, 4.69) is 121 Å². The van der Waals surface area contributed by atoms with Crippen LogP contribution in [0.25, 0.3) is 22.1 Å². The Hall–Kier alpha value is -5.68. The van der Waals surface area contributed by atoms with Crippen molar-refractivity contribution in [3.63, 3.8) is 0 Å². The number of furan rings is 1. The maximum Gasteiger partial charge on any atom is 0.260 e. The van der Waals surface area contributed by atoms with Gasteiger partial charge in [-0.05, 0) is 65.9 Å². The SMILES string of the molecule is Cc1ccc(N(c2cc3c4c(c2)Oc2ccccc2B4c2ccccc2O3)c2ccc3ccoc3c2-c2ccccc2)cc1. The van der Waals surface area contributed by atoms with E-state index in [1.54, 1.807) is 6.26 Å². The Morgan fingerprint density at radius 1 is 0.568 bits per heavy atom. The van der Waals surface area contributed by atoms with Crippen LogP contribution in [0, 0.1) is 6.92 Å². The molecule has 208 valence electrons. The zero-order chi connectivity index (χ0) is 29.2. The Bertz CT molecular complexity index is 2130. The Kier molecular flexibility index (Phi) is 5.47. The minimum absolute atomic E-state index is 0.0242. The molecule has 0 amide bonds. The van der Waals surface area contributed by atoms with Crippen molar-refractivity contribution in [2.45, 2.75) is 6.92 Å². The number of hydrogen-bond donors (Lipinski definition) is 0. The van der Waals surface area contributed by atoms with Gasteiger partial charge in [0.2, 0.25) is 0 Å². The highest BCUT2D eigenvalue weighted by Gasteiger charge is 2.40. The van der Waals surface area contributed by atoms with Gasteiger partial charge < -0.3 is 18.8 Å². The normalized spacial score (nSPS) is 12.5. The Labute approximate surface area is 255 Å². The summed E-state index contributed by atoms with van der Waals surface area (Å²) in [6.45, 7) is 2.13. The van der Waals surface area contributed by atoms with Gasteiger partial charge >= 0.3 is 0 Å². The Morgan fingerprint density at radius 3 is 1.89 bits per heavy atom. The third-order valence-electron chi connectivity index (χ3n) is 8.73. The van der Waals surface area contributed by atoms with E-state index in [0.29, 0.717) is 0 Å². The molecule has 0 saturated heterocycles. The second-order valence-corrected chi connectivity index (χ2v) is 11.4. The first-order valence-corrected chi connectivity index (χ1v) is 14.9. The smallest absolute Gasteiger partial charge is 0.260 e. The quantitative estimate of drug-likeness (QED) is 0.200. The third-order valence-corrected chi connectivity index (χ3v) is 8.73. The lowest BCUT2D eigenvalue weighted by atomic mass is 9.35. The predicted octanol–water partition coefficient (Wildman–Crippen LogP) is 8.61. The fourth-order valence-corrected chi connectivity index (χ4v) is 6.72. The summed E-state index contributed by atoms with van der Waals surface area (Å²) in [6.07, 6.45) is 1.76. The number of rotatable bonds is 4. The van der Waals surface area contributed by atoms with Crippen molar-refractivity contribution in [3.8, 4) is 34.1 Å². The van der Waals surface area contributed by atoms with Crippen molar-refractivity contribution in [1.29, 1.82) is 0 Å². The topological polar surface area (TPSA) is 34.8 Å². The summed E-state index contributed by atoms with van der Waals surface area (Å²) in [5.74, 6) is 3.34. The lowest BCUT2D eigenvalue weighted by molar-refractivity contribution is 0.465. The van der Waals surface area contributed by atoms with Gasteiger partial charge in [0.05, 0.1) is 17.6 Å². The molecule has 0 radical (unpaired) electrons. The van der Waals surface area contributed by atoms with Gasteiger partial charge in [-0.3, -0.25) is 0 Å². The number of nitrogens with zero attached hydrogens (tertiary/aromatic N) is 1. The van der Waals surface area contributed by atoms with Crippen molar-refractivity contribution in [2.75, 3.05) is 4.90 Å². The molecular formula is C39H26BNO3. The molecule has 0 fully saturated rings. The summed E-state index contributed by atoms with van der Waals surface area (Å²) in [6, 6.07) is 46.3. The highest BCUT2D eigenvalue weighted by atomic mass is 16.5. The number of fused-ring (bicyclic) bond motifs is 5. The van der Waals surface area contributed by atoms with E-state index in [0.717, 1.165) is 78.5 Å². The average molecular weight is 567 g/mol. The minimum atomic E-state index is 0.0242. The van der Waals surface area contributed by atoms with Gasteiger partial charge in [-0.2, -0.15) is 0 Å². The molecule has 1 aromatic heterocycles. The number of hydrogen-bond acceptors (Lipinski definition) is 4. The first-order valence-electron chi connectivity index (χ1n) is 14.9. The molecule has 5 heteroatoms. The van der Waals surface area contributed by atoms with Gasteiger partial charge in [0.15, 0.2) is 0 Å². The maximum absolute atomic E-state index is 6.67. The molecule has 0 bridgehead atoms. The summed E-state index contributed by atoms with van der Waals surface area (Å²) in [4.78, 5) is 2.28. The number of anilines is 3. The van der Waals surface area contributed by atoms with Gasteiger partial charge in [-0.15, -0.1) is 0 Å². The summed E-state index contributed by atoms with van der Waals surface area (Å²) < 4.78 is 19.5. The fraction of sp³-hybridized carbons (Fsp3) is 0.0256. The number of aryl methyl sites for hydroxylation is 1. The van der Waals surface area contributed by atoms with E-state index in [1.807, 2.05) is 24.3 Å². The van der Waals surface area contributed by atoms with Crippen LogP contribution >= 0.6 is 0 Å². The van der Waals surface area contributed by atoms with E-state index in [-0.39, 0.29) is 6.71 Å². The molecule has 0 unspecified atom stereocenters. The number of benzene rings is 6. The minimum Gasteiger partial charge on any atom is -0.464 e. The summed E-state index contributed by atoms with van der Waals surface area (Å²) in [5, 5.41) is 1.06. The molecule has 0 N–H and O–H groups in total. The third kappa shape index (κ3) is 3.79. The molecule has 0 aliphatic carbocycles. The van der Waals surface area contributed by atoms with Gasteiger partial charge in [0.1, 0.15) is 28.6 Å². The molecule has 0 atom stereocenters. The van der Waals surface area contributed by atoms with Gasteiger partial charge in [0.25, 0.3) is 6.71 Å². The highest BCUT2D eigenvalue weighted by Crippen LogP contribution is 2.47. The van der Waals surface area contributed by atoms with Crippen LogP contribution in [0.1, 0.15) is 5.56 Å². The van der Waals surface area contributed by atoms with Crippen LogP contribution in [0.15, 0.2) is 144 Å². The summed E-state index contributed by atoms with van der Waals surface area (Å²) in [5.41, 5.74) is 10.5. The van der Waals surface area contributed by atoms with Crippen LogP contribution in [0.2, 0.25) is 0 Å². The van der Waals surface area contributed by atoms with Crippen LogP contribution < -0.4 is 30.8 Å². The van der Waals surface area contributed by atoms with Crippen molar-refractivity contribution in [1.82, 2.24) is 0 Å². The molecule has 0 spiro atoms. The van der Waals surface area contributed by atoms with Crippen LogP contribution in [-0.2, 0) is 0 Å². The van der Waals surface area contributed by atoms with Crippen LogP contribution in [-0.4, -0.2) is 6.71 Å². The van der Waals surface area contributed by atoms with Gasteiger partial charge in [0, 0.05) is 34.2 Å². The van der Waals surface area contributed by atoms with E-state index in [9.17, 15) is 0 Å². The average Bonchev–Trinajstić information content (AvgIpc) is 3.55. The molecule has 2 aliphatic heterocycles. The van der Waals surface area contributed by atoms with E-state index >= 15 is 0 Å². The number of para-hydroxylation sites is 2. The molecule has 9 rings (SSSR count). The van der Waals surface area contributed by atoms with Crippen molar-refractivity contribution in [2.24, 2.45) is 0 Å². The summed E-state index contributed by atoms with van der Waals surface area (Å²) >= 11 is 0.